The predicted octanol–water partition coefficient (Wildman–Crippen LogP) is 5.08. The molecule has 150 valence electrons. The molecule has 1 amide bonds. The molecule has 0 aliphatic carbocycles. The van der Waals surface area contributed by atoms with Crippen LogP contribution in [0.3, 0.4) is 0 Å². The number of carbonyl (C=O) groups is 1. The van der Waals surface area contributed by atoms with Gasteiger partial charge in [0.2, 0.25) is 0 Å². The highest BCUT2D eigenvalue weighted by molar-refractivity contribution is 7.10. The topological polar surface area (TPSA) is 38.8 Å². The van der Waals surface area contributed by atoms with Gasteiger partial charge < -0.3 is 14.4 Å². The maximum Gasteiger partial charge on any atom is 0.254 e. The van der Waals surface area contributed by atoms with Crippen molar-refractivity contribution in [2.45, 2.75) is 26.0 Å². The van der Waals surface area contributed by atoms with E-state index in [4.69, 9.17) is 9.47 Å². The van der Waals surface area contributed by atoms with E-state index >= 15 is 0 Å². The van der Waals surface area contributed by atoms with Gasteiger partial charge in [0, 0.05) is 29.2 Å². The van der Waals surface area contributed by atoms with Gasteiger partial charge in [0.1, 0.15) is 5.75 Å². The first-order chi connectivity index (χ1) is 14.2. The molecule has 1 aromatic heterocycles. The smallest absolute Gasteiger partial charge is 0.254 e. The SMILES string of the molecule is CCOCc1cc(C(=O)N2CCc3sccc3[C@H]2c2ccccc2)ccc1OC. The fourth-order valence-electron chi connectivity index (χ4n) is 3.93. The Balaban J connectivity index is 1.70. The number of thiophene rings is 1. The molecule has 1 aliphatic heterocycles. The summed E-state index contributed by atoms with van der Waals surface area (Å²) < 4.78 is 11.0. The number of methoxy groups -OCH3 is 1. The minimum absolute atomic E-state index is 0.0381. The Kier molecular flexibility index (Phi) is 5.97. The second kappa shape index (κ2) is 8.80. The number of nitrogens with zero attached hydrogens (tertiary/aromatic N) is 1. The summed E-state index contributed by atoms with van der Waals surface area (Å²) in [5.74, 6) is 0.782. The first kappa shape index (κ1) is 19.7. The molecule has 0 spiro atoms. The highest BCUT2D eigenvalue weighted by Crippen LogP contribution is 2.38. The first-order valence-corrected chi connectivity index (χ1v) is 10.8. The van der Waals surface area contributed by atoms with Crippen LogP contribution in [0.5, 0.6) is 5.75 Å². The number of benzene rings is 2. The lowest BCUT2D eigenvalue weighted by molar-refractivity contribution is 0.0695. The molecule has 5 heteroatoms. The summed E-state index contributed by atoms with van der Waals surface area (Å²) in [6, 6.07) is 18.0. The largest absolute Gasteiger partial charge is 0.496 e. The third-order valence-corrected chi connectivity index (χ3v) is 6.33. The Bertz CT molecular complexity index is 983. The van der Waals surface area contributed by atoms with Gasteiger partial charge in [0.15, 0.2) is 0 Å². The van der Waals surface area contributed by atoms with E-state index in [0.717, 1.165) is 23.3 Å². The van der Waals surface area contributed by atoms with Crippen LogP contribution >= 0.6 is 11.3 Å². The third-order valence-electron chi connectivity index (χ3n) is 5.33. The van der Waals surface area contributed by atoms with Gasteiger partial charge in [0.05, 0.1) is 19.8 Å². The molecule has 3 aromatic rings. The highest BCUT2D eigenvalue weighted by Gasteiger charge is 2.33. The van der Waals surface area contributed by atoms with Gasteiger partial charge in [0.25, 0.3) is 5.91 Å². The van der Waals surface area contributed by atoms with Gasteiger partial charge in [-0.25, -0.2) is 0 Å². The lowest BCUT2D eigenvalue weighted by Crippen LogP contribution is -2.40. The van der Waals surface area contributed by atoms with Crippen molar-refractivity contribution < 1.29 is 14.3 Å². The summed E-state index contributed by atoms with van der Waals surface area (Å²) in [5, 5.41) is 2.13. The molecule has 0 saturated carbocycles. The average Bonchev–Trinajstić information content (AvgIpc) is 3.25. The van der Waals surface area contributed by atoms with Crippen LogP contribution in [0.15, 0.2) is 60.0 Å². The molecule has 4 rings (SSSR count). The van der Waals surface area contributed by atoms with E-state index in [9.17, 15) is 4.79 Å². The normalized spacial score (nSPS) is 15.8. The molecule has 0 unspecified atom stereocenters. The van der Waals surface area contributed by atoms with E-state index in [1.54, 1.807) is 18.4 Å². The van der Waals surface area contributed by atoms with Crippen LogP contribution in [-0.4, -0.2) is 31.1 Å². The summed E-state index contributed by atoms with van der Waals surface area (Å²) in [6.07, 6.45) is 0.893. The Labute approximate surface area is 175 Å². The molecule has 0 N–H and O–H groups in total. The summed E-state index contributed by atoms with van der Waals surface area (Å²) in [4.78, 5) is 17.0. The summed E-state index contributed by atoms with van der Waals surface area (Å²) in [7, 11) is 1.64. The molecule has 29 heavy (non-hydrogen) atoms. The Morgan fingerprint density at radius 1 is 1.17 bits per heavy atom. The monoisotopic (exact) mass is 407 g/mol. The van der Waals surface area contributed by atoms with Crippen molar-refractivity contribution in [1.82, 2.24) is 4.90 Å². The molecule has 1 aliphatic rings. The number of rotatable bonds is 6. The van der Waals surface area contributed by atoms with Gasteiger partial charge in [-0.3, -0.25) is 4.79 Å². The molecule has 1 atom stereocenters. The molecule has 2 aromatic carbocycles. The zero-order valence-corrected chi connectivity index (χ0v) is 17.6. The summed E-state index contributed by atoms with van der Waals surface area (Å²) in [5.41, 5.74) is 3.94. The van der Waals surface area contributed by atoms with Crippen molar-refractivity contribution in [3.63, 3.8) is 0 Å². The van der Waals surface area contributed by atoms with Crippen LogP contribution in [0.4, 0.5) is 0 Å². The van der Waals surface area contributed by atoms with E-state index in [1.165, 1.54) is 10.4 Å². The van der Waals surface area contributed by atoms with Gasteiger partial charge in [-0.05, 0) is 54.1 Å². The standard InChI is InChI=1S/C24H25NO3S/c1-3-28-16-19-15-18(9-10-21(19)27-2)24(26)25-13-11-22-20(12-14-29-22)23(25)17-7-5-4-6-8-17/h4-10,12,14-15,23H,3,11,13,16H2,1-2H3/t23-/m1/s1. The molecular weight excluding hydrogens is 382 g/mol. The quantitative estimate of drug-likeness (QED) is 0.572. The maximum atomic E-state index is 13.6. The molecule has 2 heterocycles. The molecule has 0 bridgehead atoms. The molecule has 0 fully saturated rings. The Morgan fingerprint density at radius 2 is 2.00 bits per heavy atom. The number of carbonyl (C=O) groups excluding carboxylic acids is 1. The van der Waals surface area contributed by atoms with Crippen molar-refractivity contribution in [3.05, 3.63) is 87.1 Å². The van der Waals surface area contributed by atoms with E-state index in [1.807, 2.05) is 48.2 Å². The van der Waals surface area contributed by atoms with Crippen LogP contribution in [0, 0.1) is 0 Å². The number of amides is 1. The lowest BCUT2D eigenvalue weighted by atomic mass is 9.92. The summed E-state index contributed by atoms with van der Waals surface area (Å²) >= 11 is 1.78. The minimum atomic E-state index is -0.0591. The lowest BCUT2D eigenvalue weighted by Gasteiger charge is -2.36. The van der Waals surface area contributed by atoms with Crippen molar-refractivity contribution in [1.29, 1.82) is 0 Å². The van der Waals surface area contributed by atoms with Crippen molar-refractivity contribution in [2.24, 2.45) is 0 Å². The fourth-order valence-corrected chi connectivity index (χ4v) is 4.84. The van der Waals surface area contributed by atoms with Crippen LogP contribution in [0.2, 0.25) is 0 Å². The maximum absolute atomic E-state index is 13.6. The average molecular weight is 408 g/mol. The van der Waals surface area contributed by atoms with E-state index < -0.39 is 0 Å². The van der Waals surface area contributed by atoms with Crippen molar-refractivity contribution >= 4 is 17.2 Å². The third kappa shape index (κ3) is 3.93. The molecule has 0 saturated heterocycles. The van der Waals surface area contributed by atoms with E-state index in [0.29, 0.717) is 25.3 Å². The second-order valence-electron chi connectivity index (χ2n) is 7.02. The number of hydrogen-bond donors (Lipinski definition) is 0. The first-order valence-electron chi connectivity index (χ1n) is 9.89. The Hall–Kier alpha value is -2.63. The van der Waals surface area contributed by atoms with Crippen molar-refractivity contribution in [3.8, 4) is 5.75 Å². The van der Waals surface area contributed by atoms with Crippen LogP contribution in [-0.2, 0) is 17.8 Å². The highest BCUT2D eigenvalue weighted by atomic mass is 32.1. The van der Waals surface area contributed by atoms with Gasteiger partial charge in [-0.2, -0.15) is 0 Å². The number of fused-ring (bicyclic) bond motifs is 1. The summed E-state index contributed by atoms with van der Waals surface area (Å²) in [6.45, 7) is 3.71. The van der Waals surface area contributed by atoms with Gasteiger partial charge >= 0.3 is 0 Å². The fraction of sp³-hybridized carbons (Fsp3) is 0.292. The molecular formula is C24H25NO3S. The van der Waals surface area contributed by atoms with Crippen LogP contribution in [0.1, 0.15) is 44.9 Å². The van der Waals surface area contributed by atoms with Gasteiger partial charge in [-0.15, -0.1) is 11.3 Å². The number of ether oxygens (including phenoxy) is 2. The molecule has 4 nitrogen and oxygen atoms in total. The van der Waals surface area contributed by atoms with Gasteiger partial charge in [-0.1, -0.05) is 30.3 Å². The van der Waals surface area contributed by atoms with E-state index in [-0.39, 0.29) is 11.9 Å². The number of hydrogen-bond acceptors (Lipinski definition) is 4. The zero-order chi connectivity index (χ0) is 20.2. The Morgan fingerprint density at radius 3 is 2.76 bits per heavy atom. The van der Waals surface area contributed by atoms with Crippen molar-refractivity contribution in [2.75, 3.05) is 20.3 Å². The second-order valence-corrected chi connectivity index (χ2v) is 8.03. The van der Waals surface area contributed by atoms with Crippen LogP contribution < -0.4 is 4.74 Å². The predicted molar refractivity (Wildman–Crippen MR) is 116 cm³/mol. The van der Waals surface area contributed by atoms with Crippen LogP contribution in [0.25, 0.3) is 0 Å². The molecule has 0 radical (unpaired) electrons. The van der Waals surface area contributed by atoms with E-state index in [2.05, 4.69) is 23.6 Å². The zero-order valence-electron chi connectivity index (χ0n) is 16.8. The minimum Gasteiger partial charge on any atom is -0.496 e.